The maximum Gasteiger partial charge on any atom is 0.330 e. The van der Waals surface area contributed by atoms with Gasteiger partial charge in [0, 0.05) is 12.5 Å². The first-order valence-corrected chi connectivity index (χ1v) is 7.69. The molecule has 4 heteroatoms. The lowest BCUT2D eigenvalue weighted by Crippen LogP contribution is -1.99. The maximum absolute atomic E-state index is 11.1. The van der Waals surface area contributed by atoms with E-state index in [2.05, 4.69) is 11.3 Å². The highest BCUT2D eigenvalue weighted by molar-refractivity contribution is 5.82. The molecule has 0 aliphatic heterocycles. The largest absolute Gasteiger partial charge is 0.469 e. The Morgan fingerprint density at radius 3 is 2.10 bits per heavy atom. The van der Waals surface area contributed by atoms with Crippen molar-refractivity contribution in [3.63, 3.8) is 0 Å². The molecule has 120 valence electrons. The van der Waals surface area contributed by atoms with Crippen molar-refractivity contribution in [3.8, 4) is 0 Å². The van der Waals surface area contributed by atoms with Gasteiger partial charge < -0.3 is 9.47 Å². The van der Waals surface area contributed by atoms with Crippen LogP contribution in [-0.4, -0.2) is 25.7 Å². The second kappa shape index (κ2) is 13.4. The minimum absolute atomic E-state index is 0.125. The summed E-state index contributed by atoms with van der Waals surface area (Å²) in [4.78, 5) is 22.0. The quantitative estimate of drug-likeness (QED) is 0.237. The number of hydrogen-bond acceptors (Lipinski definition) is 4. The fourth-order valence-electron chi connectivity index (χ4n) is 1.89. The number of rotatable bonds is 12. The first kappa shape index (κ1) is 19.4. The molecule has 0 aromatic heterocycles. The lowest BCUT2D eigenvalue weighted by atomic mass is 10.1. The van der Waals surface area contributed by atoms with Gasteiger partial charge in [0.15, 0.2) is 0 Å². The Balaban J connectivity index is 3.44. The molecule has 0 unspecified atom stereocenters. The standard InChI is InChI=1S/C17H28O4/c1-4-21-17(19)14-13-15(2)11-9-7-5-6-8-10-12-16(18)20-3/h13-14H,2,4-12H2,1,3H3/b14-13+. The summed E-state index contributed by atoms with van der Waals surface area (Å²) >= 11 is 0. The van der Waals surface area contributed by atoms with Crippen LogP contribution in [0, 0.1) is 0 Å². The first-order chi connectivity index (χ1) is 10.1. The molecule has 0 radical (unpaired) electrons. The second-order valence-electron chi connectivity index (χ2n) is 4.94. The molecule has 0 aromatic carbocycles. The molecule has 0 saturated heterocycles. The van der Waals surface area contributed by atoms with Crippen molar-refractivity contribution in [2.24, 2.45) is 0 Å². The third-order valence-electron chi connectivity index (χ3n) is 3.10. The predicted octanol–water partition coefficient (Wildman–Crippen LogP) is 3.96. The molecule has 0 N–H and O–H groups in total. The van der Waals surface area contributed by atoms with E-state index < -0.39 is 0 Å². The number of methoxy groups -OCH3 is 1. The SMILES string of the molecule is C=C(/C=C/C(=O)OCC)CCCCCCCCC(=O)OC. The lowest BCUT2D eigenvalue weighted by molar-refractivity contribution is -0.140. The van der Waals surface area contributed by atoms with Gasteiger partial charge in [-0.3, -0.25) is 4.79 Å². The van der Waals surface area contributed by atoms with Crippen molar-refractivity contribution in [1.29, 1.82) is 0 Å². The maximum atomic E-state index is 11.1. The molecular weight excluding hydrogens is 268 g/mol. The van der Waals surface area contributed by atoms with Crippen LogP contribution >= 0.6 is 0 Å². The third-order valence-corrected chi connectivity index (χ3v) is 3.10. The summed E-state index contributed by atoms with van der Waals surface area (Å²) in [6, 6.07) is 0. The summed E-state index contributed by atoms with van der Waals surface area (Å²) in [5.74, 6) is -0.441. The van der Waals surface area contributed by atoms with Crippen LogP contribution in [0.4, 0.5) is 0 Å². The minimum Gasteiger partial charge on any atom is -0.469 e. The van der Waals surface area contributed by atoms with Crippen LogP contribution < -0.4 is 0 Å². The topological polar surface area (TPSA) is 52.6 Å². The average Bonchev–Trinajstić information content (AvgIpc) is 2.47. The fourth-order valence-corrected chi connectivity index (χ4v) is 1.89. The summed E-state index contributed by atoms with van der Waals surface area (Å²) in [5.41, 5.74) is 0.953. The second-order valence-corrected chi connectivity index (χ2v) is 4.94. The van der Waals surface area contributed by atoms with E-state index in [9.17, 15) is 9.59 Å². The zero-order valence-corrected chi connectivity index (χ0v) is 13.4. The van der Waals surface area contributed by atoms with E-state index in [0.29, 0.717) is 13.0 Å². The zero-order valence-electron chi connectivity index (χ0n) is 13.4. The van der Waals surface area contributed by atoms with Crippen molar-refractivity contribution in [3.05, 3.63) is 24.3 Å². The number of unbranched alkanes of at least 4 members (excludes halogenated alkanes) is 5. The molecule has 0 aliphatic carbocycles. The summed E-state index contributed by atoms with van der Waals surface area (Å²) in [7, 11) is 1.42. The molecule has 0 aromatic rings. The van der Waals surface area contributed by atoms with Gasteiger partial charge in [-0.05, 0) is 26.2 Å². The summed E-state index contributed by atoms with van der Waals surface area (Å²) in [6.45, 7) is 6.09. The van der Waals surface area contributed by atoms with Gasteiger partial charge in [0.2, 0.25) is 0 Å². The average molecular weight is 296 g/mol. The van der Waals surface area contributed by atoms with E-state index in [-0.39, 0.29) is 11.9 Å². The van der Waals surface area contributed by atoms with Gasteiger partial charge >= 0.3 is 11.9 Å². The van der Waals surface area contributed by atoms with Gasteiger partial charge in [-0.1, -0.05) is 43.9 Å². The molecule has 4 nitrogen and oxygen atoms in total. The molecule has 0 rings (SSSR count). The van der Waals surface area contributed by atoms with Crippen LogP contribution in [0.5, 0.6) is 0 Å². The van der Waals surface area contributed by atoms with Crippen molar-refractivity contribution in [2.75, 3.05) is 13.7 Å². The highest BCUT2D eigenvalue weighted by Gasteiger charge is 1.99. The molecule has 0 amide bonds. The van der Waals surface area contributed by atoms with E-state index in [0.717, 1.165) is 50.5 Å². The zero-order chi connectivity index (χ0) is 15.9. The molecule has 0 saturated carbocycles. The number of ether oxygens (including phenoxy) is 2. The molecule has 0 aliphatic rings. The van der Waals surface area contributed by atoms with Crippen LogP contribution in [0.3, 0.4) is 0 Å². The number of allylic oxidation sites excluding steroid dienone is 2. The van der Waals surface area contributed by atoms with E-state index >= 15 is 0 Å². The smallest absolute Gasteiger partial charge is 0.330 e. The van der Waals surface area contributed by atoms with Crippen molar-refractivity contribution in [1.82, 2.24) is 0 Å². The predicted molar refractivity (Wildman–Crippen MR) is 83.9 cm³/mol. The number of carbonyl (C=O) groups excluding carboxylic acids is 2. The summed E-state index contributed by atoms with van der Waals surface area (Å²) < 4.78 is 9.39. The Hall–Kier alpha value is -1.58. The normalized spacial score (nSPS) is 10.6. The molecule has 0 spiro atoms. The van der Waals surface area contributed by atoms with Crippen LogP contribution in [-0.2, 0) is 19.1 Å². The van der Waals surface area contributed by atoms with Crippen LogP contribution in [0.15, 0.2) is 24.3 Å². The van der Waals surface area contributed by atoms with Crippen LogP contribution in [0.25, 0.3) is 0 Å². The van der Waals surface area contributed by atoms with Crippen molar-refractivity contribution >= 4 is 11.9 Å². The van der Waals surface area contributed by atoms with E-state index in [1.807, 2.05) is 0 Å². The fraction of sp³-hybridized carbons (Fsp3) is 0.647. The van der Waals surface area contributed by atoms with Crippen LogP contribution in [0.2, 0.25) is 0 Å². The van der Waals surface area contributed by atoms with Gasteiger partial charge in [-0.2, -0.15) is 0 Å². The van der Waals surface area contributed by atoms with Gasteiger partial charge in [-0.25, -0.2) is 4.79 Å². The Labute approximate surface area is 128 Å². The highest BCUT2D eigenvalue weighted by atomic mass is 16.5. The number of hydrogen-bond donors (Lipinski definition) is 0. The third kappa shape index (κ3) is 13.2. The van der Waals surface area contributed by atoms with Gasteiger partial charge in [0.25, 0.3) is 0 Å². The molecule has 0 atom stereocenters. The Morgan fingerprint density at radius 1 is 0.952 bits per heavy atom. The number of esters is 2. The van der Waals surface area contributed by atoms with Gasteiger partial charge in [0.1, 0.15) is 0 Å². The minimum atomic E-state index is -0.316. The molecule has 0 heterocycles. The Bertz CT molecular complexity index is 345. The molecule has 21 heavy (non-hydrogen) atoms. The van der Waals surface area contributed by atoms with Crippen molar-refractivity contribution < 1.29 is 19.1 Å². The highest BCUT2D eigenvalue weighted by Crippen LogP contribution is 2.12. The first-order valence-electron chi connectivity index (χ1n) is 7.69. The van der Waals surface area contributed by atoms with Gasteiger partial charge in [0.05, 0.1) is 13.7 Å². The molecule has 0 fully saturated rings. The monoisotopic (exact) mass is 296 g/mol. The van der Waals surface area contributed by atoms with E-state index in [1.54, 1.807) is 13.0 Å². The van der Waals surface area contributed by atoms with Crippen LogP contribution in [0.1, 0.15) is 58.3 Å². The van der Waals surface area contributed by atoms with E-state index in [1.165, 1.54) is 13.2 Å². The summed E-state index contributed by atoms with van der Waals surface area (Å²) in [5, 5.41) is 0. The van der Waals surface area contributed by atoms with E-state index in [4.69, 9.17) is 4.74 Å². The number of carbonyl (C=O) groups is 2. The van der Waals surface area contributed by atoms with Gasteiger partial charge in [-0.15, -0.1) is 0 Å². The summed E-state index contributed by atoms with van der Waals surface area (Å²) in [6.07, 6.45) is 11.1. The Morgan fingerprint density at radius 2 is 1.52 bits per heavy atom. The molecular formula is C17H28O4. The lowest BCUT2D eigenvalue weighted by Gasteiger charge is -2.02. The Kier molecular flexibility index (Phi) is 12.4. The van der Waals surface area contributed by atoms with Crippen molar-refractivity contribution in [2.45, 2.75) is 58.3 Å². The molecule has 0 bridgehead atoms.